The van der Waals surface area contributed by atoms with Crippen LogP contribution in [-0.4, -0.2) is 51.4 Å². The molecule has 4 aromatic carbocycles. The second kappa shape index (κ2) is 17.1. The molecule has 254 valence electrons. The van der Waals surface area contributed by atoms with Gasteiger partial charge >= 0.3 is 0 Å². The number of sulfonamides is 1. The lowest BCUT2D eigenvalue weighted by Crippen LogP contribution is -2.53. The Morgan fingerprint density at radius 1 is 0.896 bits per heavy atom. The van der Waals surface area contributed by atoms with Crippen molar-refractivity contribution < 1.29 is 22.7 Å². The van der Waals surface area contributed by atoms with Crippen LogP contribution in [0.25, 0.3) is 0 Å². The predicted molar refractivity (Wildman–Crippen MR) is 193 cm³/mol. The van der Waals surface area contributed by atoms with E-state index in [4.69, 9.17) is 39.5 Å². The molecule has 0 fully saturated rings. The number of halogens is 3. The Labute approximate surface area is 297 Å². The van der Waals surface area contributed by atoms with Crippen molar-refractivity contribution in [1.82, 2.24) is 10.2 Å². The summed E-state index contributed by atoms with van der Waals surface area (Å²) in [6.07, 6.45) is 1.75. The van der Waals surface area contributed by atoms with Crippen molar-refractivity contribution in [1.29, 1.82) is 0 Å². The van der Waals surface area contributed by atoms with Gasteiger partial charge in [0, 0.05) is 40.1 Å². The number of carbonyl (C=O) groups is 2. The fourth-order valence-electron chi connectivity index (χ4n) is 5.12. The molecule has 0 unspecified atom stereocenters. The number of hydrogen-bond acceptors (Lipinski definition) is 5. The monoisotopic (exact) mass is 729 g/mol. The predicted octanol–water partition coefficient (Wildman–Crippen LogP) is 7.72. The molecule has 0 heterocycles. The van der Waals surface area contributed by atoms with Crippen molar-refractivity contribution in [2.24, 2.45) is 0 Å². The van der Waals surface area contributed by atoms with Crippen LogP contribution in [0.1, 0.15) is 36.5 Å². The molecule has 8 nitrogen and oxygen atoms in total. The normalized spacial score (nSPS) is 11.9. The maximum atomic E-state index is 14.7. The van der Waals surface area contributed by atoms with Gasteiger partial charge in [-0.15, -0.1) is 0 Å². The largest absolute Gasteiger partial charge is 0.495 e. The maximum Gasteiger partial charge on any atom is 0.264 e. The highest BCUT2D eigenvalue weighted by Crippen LogP contribution is 2.35. The molecule has 0 aromatic heterocycles. The molecule has 0 saturated carbocycles. The van der Waals surface area contributed by atoms with E-state index in [0.29, 0.717) is 22.2 Å². The molecule has 4 aromatic rings. The fraction of sp³-hybridized carbons (Fsp3) is 0.278. The second-order valence-corrected chi connectivity index (χ2v) is 14.3. The van der Waals surface area contributed by atoms with Crippen LogP contribution in [0.2, 0.25) is 15.1 Å². The minimum Gasteiger partial charge on any atom is -0.495 e. The van der Waals surface area contributed by atoms with Gasteiger partial charge in [-0.3, -0.25) is 13.9 Å². The summed E-state index contributed by atoms with van der Waals surface area (Å²) in [4.78, 5) is 30.0. The Kier molecular flexibility index (Phi) is 13.2. The number of nitrogens with zero attached hydrogens (tertiary/aromatic N) is 2. The molecule has 0 aliphatic rings. The highest BCUT2D eigenvalue weighted by molar-refractivity contribution is 7.92. The smallest absolute Gasteiger partial charge is 0.264 e. The Bertz CT molecular complexity index is 1800. The number of unbranched alkanes of at least 4 members (excludes halogenated alkanes) is 1. The number of methoxy groups -OCH3 is 1. The highest BCUT2D eigenvalue weighted by atomic mass is 35.5. The Morgan fingerprint density at radius 2 is 1.56 bits per heavy atom. The van der Waals surface area contributed by atoms with Gasteiger partial charge in [-0.05, 0) is 61.4 Å². The molecule has 0 radical (unpaired) electrons. The lowest BCUT2D eigenvalue weighted by atomic mass is 10.0. The van der Waals surface area contributed by atoms with E-state index in [0.717, 1.165) is 28.3 Å². The first-order valence-electron chi connectivity index (χ1n) is 15.4. The van der Waals surface area contributed by atoms with E-state index in [9.17, 15) is 18.0 Å². The average molecular weight is 731 g/mol. The van der Waals surface area contributed by atoms with Gasteiger partial charge in [0.1, 0.15) is 18.3 Å². The zero-order valence-electron chi connectivity index (χ0n) is 27.0. The van der Waals surface area contributed by atoms with Gasteiger partial charge in [-0.25, -0.2) is 8.42 Å². The van der Waals surface area contributed by atoms with E-state index >= 15 is 0 Å². The van der Waals surface area contributed by atoms with Crippen LogP contribution in [0.5, 0.6) is 5.75 Å². The lowest BCUT2D eigenvalue weighted by Gasteiger charge is -2.34. The zero-order chi connectivity index (χ0) is 34.8. The summed E-state index contributed by atoms with van der Waals surface area (Å²) in [6, 6.07) is 24.0. The maximum absolute atomic E-state index is 14.7. The number of amides is 2. The number of nitrogens with one attached hydrogen (secondary N) is 1. The first-order valence-corrected chi connectivity index (χ1v) is 18.0. The number of benzene rings is 4. The molecule has 0 aliphatic carbocycles. The van der Waals surface area contributed by atoms with Crippen LogP contribution in [0, 0.1) is 6.92 Å². The van der Waals surface area contributed by atoms with Gasteiger partial charge in [0.05, 0.1) is 17.7 Å². The molecule has 0 bridgehead atoms. The summed E-state index contributed by atoms with van der Waals surface area (Å²) in [7, 11) is -2.97. The van der Waals surface area contributed by atoms with Gasteiger partial charge in [0.15, 0.2) is 0 Å². The number of ether oxygens (including phenoxy) is 1. The molecule has 48 heavy (non-hydrogen) atoms. The standard InChI is InChI=1S/C36H38Cl3N3O5S/c1-4-5-20-40-36(44)33(21-26-10-7-6-8-11-26)41(23-29-30(38)12-9-13-31(29)39)35(43)24-42(32-22-27(37)16-19-34(32)47-3)48(45,46)28-17-14-25(2)15-18-28/h6-19,22,33H,4-5,20-21,23-24H2,1-3H3,(H,40,44)/t33-/m0/s1. The third-order valence-corrected chi connectivity index (χ3v) is 10.5. The molecule has 1 atom stereocenters. The van der Waals surface area contributed by atoms with Crippen molar-refractivity contribution in [3.8, 4) is 5.75 Å². The molecule has 0 spiro atoms. The van der Waals surface area contributed by atoms with E-state index in [1.165, 1.54) is 36.3 Å². The molecular weight excluding hydrogens is 693 g/mol. The number of aryl methyl sites for hydroxylation is 1. The summed E-state index contributed by atoms with van der Waals surface area (Å²) >= 11 is 19.5. The first-order chi connectivity index (χ1) is 23.0. The van der Waals surface area contributed by atoms with Crippen molar-refractivity contribution in [2.45, 2.75) is 50.6 Å². The minimum absolute atomic E-state index is 0.0400. The summed E-state index contributed by atoms with van der Waals surface area (Å²) in [5.41, 5.74) is 2.14. The van der Waals surface area contributed by atoms with Gasteiger partial charge in [-0.2, -0.15) is 0 Å². The van der Waals surface area contributed by atoms with E-state index in [2.05, 4.69) is 5.32 Å². The Morgan fingerprint density at radius 3 is 2.19 bits per heavy atom. The molecule has 12 heteroatoms. The van der Waals surface area contributed by atoms with Crippen molar-refractivity contribution >= 4 is 62.3 Å². The van der Waals surface area contributed by atoms with Crippen molar-refractivity contribution in [3.63, 3.8) is 0 Å². The third-order valence-electron chi connectivity index (χ3n) is 7.79. The Balaban J connectivity index is 1.87. The van der Waals surface area contributed by atoms with E-state index in [1.807, 2.05) is 44.2 Å². The minimum atomic E-state index is -4.37. The molecule has 4 rings (SSSR count). The summed E-state index contributed by atoms with van der Waals surface area (Å²) in [5.74, 6) is -0.880. The summed E-state index contributed by atoms with van der Waals surface area (Å²) in [6.45, 7) is 3.40. The number of carbonyl (C=O) groups excluding carboxylic acids is 2. The summed E-state index contributed by atoms with van der Waals surface area (Å²) < 4.78 is 35.2. The van der Waals surface area contributed by atoms with Crippen LogP contribution >= 0.6 is 34.8 Å². The summed E-state index contributed by atoms with van der Waals surface area (Å²) in [5, 5.41) is 3.79. The van der Waals surface area contributed by atoms with Gasteiger partial charge in [-0.1, -0.05) is 102 Å². The van der Waals surface area contributed by atoms with Crippen LogP contribution in [0.4, 0.5) is 5.69 Å². The quantitative estimate of drug-likeness (QED) is 0.127. The molecular formula is C36H38Cl3N3O5S. The molecule has 0 saturated heterocycles. The Hall–Kier alpha value is -3.76. The number of anilines is 1. The second-order valence-electron chi connectivity index (χ2n) is 11.2. The fourth-order valence-corrected chi connectivity index (χ4v) is 7.22. The lowest BCUT2D eigenvalue weighted by molar-refractivity contribution is -0.140. The van der Waals surface area contributed by atoms with Gasteiger partial charge < -0.3 is 15.0 Å². The van der Waals surface area contributed by atoms with Crippen LogP contribution in [0.15, 0.2) is 95.9 Å². The van der Waals surface area contributed by atoms with Crippen LogP contribution in [-0.2, 0) is 32.6 Å². The van der Waals surface area contributed by atoms with Crippen molar-refractivity contribution in [2.75, 3.05) is 24.5 Å². The average Bonchev–Trinajstić information content (AvgIpc) is 3.07. The van der Waals surface area contributed by atoms with E-state index in [-0.39, 0.29) is 34.3 Å². The molecule has 1 N–H and O–H groups in total. The SMILES string of the molecule is CCCCNC(=O)[C@H](Cc1ccccc1)N(Cc1c(Cl)cccc1Cl)C(=O)CN(c1cc(Cl)ccc1OC)S(=O)(=O)c1ccc(C)cc1. The zero-order valence-corrected chi connectivity index (χ0v) is 30.0. The van der Waals surface area contributed by atoms with Gasteiger partial charge in [0.25, 0.3) is 10.0 Å². The molecule has 2 amide bonds. The first kappa shape index (κ1) is 37.1. The number of hydrogen-bond donors (Lipinski definition) is 1. The van der Waals surface area contributed by atoms with Crippen LogP contribution in [0.3, 0.4) is 0 Å². The van der Waals surface area contributed by atoms with E-state index < -0.39 is 34.4 Å². The number of rotatable bonds is 15. The van der Waals surface area contributed by atoms with Crippen molar-refractivity contribution in [3.05, 3.63) is 123 Å². The van der Waals surface area contributed by atoms with Gasteiger partial charge in [0.2, 0.25) is 11.8 Å². The van der Waals surface area contributed by atoms with E-state index in [1.54, 1.807) is 36.4 Å². The topological polar surface area (TPSA) is 96.0 Å². The third kappa shape index (κ3) is 9.23. The van der Waals surface area contributed by atoms with Crippen LogP contribution < -0.4 is 14.4 Å². The molecule has 0 aliphatic heterocycles. The highest BCUT2D eigenvalue weighted by Gasteiger charge is 2.36.